The first-order valence-corrected chi connectivity index (χ1v) is 14.5. The predicted molar refractivity (Wildman–Crippen MR) is 162 cm³/mol. The Bertz CT molecular complexity index is 1590. The molecule has 0 aliphatic rings. The molecular weight excluding hydrogens is 516 g/mol. The molecule has 2 heterocycles. The van der Waals surface area contributed by atoms with Crippen molar-refractivity contribution in [2.24, 2.45) is 0 Å². The average Bonchev–Trinajstić information content (AvgIpc) is 3.51. The Balaban J connectivity index is 1.19. The zero-order valence-corrected chi connectivity index (χ0v) is 23.6. The first kappa shape index (κ1) is 26.0. The highest BCUT2D eigenvalue weighted by Crippen LogP contribution is 2.28. The molecule has 0 atom stereocenters. The van der Waals surface area contributed by atoms with Gasteiger partial charge in [-0.05, 0) is 62.4 Å². The van der Waals surface area contributed by atoms with Crippen LogP contribution in [-0.4, -0.2) is 32.3 Å². The number of rotatable bonds is 11. The van der Waals surface area contributed by atoms with E-state index < -0.39 is 0 Å². The highest BCUT2D eigenvalue weighted by Gasteiger charge is 2.15. The number of benzene rings is 4. The summed E-state index contributed by atoms with van der Waals surface area (Å²) in [6.45, 7) is 6.71. The van der Waals surface area contributed by atoms with E-state index in [1.54, 1.807) is 11.8 Å². The molecule has 0 saturated heterocycles. The molecule has 0 spiro atoms. The Morgan fingerprint density at radius 3 is 1.70 bits per heavy atom. The van der Waals surface area contributed by atoms with Crippen LogP contribution in [0.15, 0.2) is 102 Å². The van der Waals surface area contributed by atoms with E-state index in [9.17, 15) is 0 Å². The first-order valence-electron chi connectivity index (χ1n) is 13.6. The summed E-state index contributed by atoms with van der Waals surface area (Å²) in [6, 6.07) is 32.9. The number of thioether (sulfide) groups is 1. The van der Waals surface area contributed by atoms with Crippen molar-refractivity contribution in [1.82, 2.24) is 19.1 Å². The lowest BCUT2D eigenvalue weighted by Gasteiger charge is -2.12. The van der Waals surface area contributed by atoms with Gasteiger partial charge in [0.2, 0.25) is 0 Å². The van der Waals surface area contributed by atoms with E-state index in [0.717, 1.165) is 44.5 Å². The fourth-order valence-electron chi connectivity index (χ4n) is 4.77. The van der Waals surface area contributed by atoms with Gasteiger partial charge in [-0.15, -0.1) is 0 Å². The molecule has 0 radical (unpaired) electrons. The van der Waals surface area contributed by atoms with Crippen molar-refractivity contribution >= 4 is 33.8 Å². The number of hydrogen-bond acceptors (Lipinski definition) is 5. The van der Waals surface area contributed by atoms with Gasteiger partial charge in [-0.3, -0.25) is 0 Å². The minimum absolute atomic E-state index is 0.561. The van der Waals surface area contributed by atoms with Gasteiger partial charge < -0.3 is 18.6 Å². The average molecular weight is 549 g/mol. The number of fused-ring (bicyclic) bond motifs is 2. The Labute approximate surface area is 238 Å². The molecule has 202 valence electrons. The molecule has 0 bridgehead atoms. The predicted octanol–water partition coefficient (Wildman–Crippen LogP) is 7.45. The second kappa shape index (κ2) is 11.9. The number of nitrogens with zero attached hydrogens (tertiary/aromatic N) is 4. The lowest BCUT2D eigenvalue weighted by atomic mass is 10.2. The molecule has 6 nitrogen and oxygen atoms in total. The summed E-state index contributed by atoms with van der Waals surface area (Å²) in [6.07, 6.45) is 0. The van der Waals surface area contributed by atoms with Crippen LogP contribution in [0.25, 0.3) is 22.1 Å². The van der Waals surface area contributed by atoms with Crippen LogP contribution in [0.1, 0.15) is 17.0 Å². The molecule has 6 rings (SSSR count). The second-order valence-corrected chi connectivity index (χ2v) is 10.8. The van der Waals surface area contributed by atoms with E-state index in [4.69, 9.17) is 19.4 Å². The first-order chi connectivity index (χ1) is 19.6. The molecular formula is C33H32N4O2S. The van der Waals surface area contributed by atoms with Crippen LogP contribution < -0.4 is 9.47 Å². The lowest BCUT2D eigenvalue weighted by Crippen LogP contribution is -2.11. The zero-order chi connectivity index (χ0) is 27.3. The molecule has 0 N–H and O–H groups in total. The van der Waals surface area contributed by atoms with E-state index >= 15 is 0 Å². The van der Waals surface area contributed by atoms with E-state index in [1.165, 1.54) is 11.1 Å². The smallest absolute Gasteiger partial charge is 0.169 e. The third-order valence-corrected chi connectivity index (χ3v) is 7.87. The van der Waals surface area contributed by atoms with Gasteiger partial charge in [0.25, 0.3) is 0 Å². The molecule has 7 heteroatoms. The second-order valence-electron chi connectivity index (χ2n) is 9.81. The van der Waals surface area contributed by atoms with Crippen molar-refractivity contribution in [1.29, 1.82) is 0 Å². The standard InChI is InChI=1S/C33H32N4O2S/c1-24-11-15-26(16-12-24)38-21-19-36-30-9-5-3-7-28(30)34-32(36)23-40-33-35-29-8-4-6-10-31(29)37(33)20-22-39-27-17-13-25(2)14-18-27/h3-18H,19-23H2,1-2H3. The highest BCUT2D eigenvalue weighted by atomic mass is 32.2. The number of imidazole rings is 2. The summed E-state index contributed by atoms with van der Waals surface area (Å²) >= 11 is 1.71. The maximum atomic E-state index is 6.06. The maximum Gasteiger partial charge on any atom is 0.169 e. The minimum Gasteiger partial charge on any atom is -0.492 e. The fourth-order valence-corrected chi connectivity index (χ4v) is 5.76. The molecule has 0 amide bonds. The largest absolute Gasteiger partial charge is 0.492 e. The molecule has 0 unspecified atom stereocenters. The number of aryl methyl sites for hydroxylation is 2. The van der Waals surface area contributed by atoms with Crippen LogP contribution in [0.3, 0.4) is 0 Å². The number of ether oxygens (including phenoxy) is 2. The number of hydrogen-bond donors (Lipinski definition) is 0. The molecule has 0 saturated carbocycles. The summed E-state index contributed by atoms with van der Waals surface area (Å²) in [4.78, 5) is 9.95. The van der Waals surface area contributed by atoms with Crippen molar-refractivity contribution in [3.05, 3.63) is 114 Å². The van der Waals surface area contributed by atoms with Gasteiger partial charge in [0.1, 0.15) is 30.5 Å². The fraction of sp³-hybridized carbons (Fsp3) is 0.212. The summed E-state index contributed by atoms with van der Waals surface area (Å²) in [5.41, 5.74) is 6.65. The SMILES string of the molecule is Cc1ccc(OCCn2c(CSc3nc4ccccc4n3CCOc3ccc(C)cc3)nc3ccccc32)cc1. The van der Waals surface area contributed by atoms with E-state index in [2.05, 4.69) is 83.6 Å². The molecule has 0 aliphatic heterocycles. The van der Waals surface area contributed by atoms with Gasteiger partial charge in [0.15, 0.2) is 5.16 Å². The topological polar surface area (TPSA) is 54.1 Å². The van der Waals surface area contributed by atoms with Gasteiger partial charge in [-0.1, -0.05) is 71.4 Å². The molecule has 2 aromatic heterocycles. The number of para-hydroxylation sites is 4. The van der Waals surface area contributed by atoms with E-state index in [-0.39, 0.29) is 0 Å². The van der Waals surface area contributed by atoms with Gasteiger partial charge >= 0.3 is 0 Å². The van der Waals surface area contributed by atoms with E-state index in [1.807, 2.05) is 36.4 Å². The van der Waals surface area contributed by atoms with Crippen molar-refractivity contribution in [2.75, 3.05) is 13.2 Å². The molecule has 0 fully saturated rings. The normalized spacial score (nSPS) is 11.3. The molecule has 4 aromatic carbocycles. The van der Waals surface area contributed by atoms with Gasteiger partial charge in [-0.25, -0.2) is 9.97 Å². The Kier molecular flexibility index (Phi) is 7.73. The van der Waals surface area contributed by atoms with Crippen LogP contribution >= 0.6 is 11.8 Å². The van der Waals surface area contributed by atoms with Gasteiger partial charge in [0, 0.05) is 0 Å². The molecule has 40 heavy (non-hydrogen) atoms. The third-order valence-electron chi connectivity index (χ3n) is 6.89. The van der Waals surface area contributed by atoms with Crippen LogP contribution in [-0.2, 0) is 18.8 Å². The minimum atomic E-state index is 0.561. The summed E-state index contributed by atoms with van der Waals surface area (Å²) in [5.74, 6) is 3.47. The highest BCUT2D eigenvalue weighted by molar-refractivity contribution is 7.98. The Morgan fingerprint density at radius 2 is 1.10 bits per heavy atom. The molecule has 0 aliphatic carbocycles. The maximum absolute atomic E-state index is 6.06. The van der Waals surface area contributed by atoms with E-state index in [0.29, 0.717) is 32.1 Å². The van der Waals surface area contributed by atoms with Crippen LogP contribution in [0.2, 0.25) is 0 Å². The lowest BCUT2D eigenvalue weighted by molar-refractivity contribution is 0.295. The van der Waals surface area contributed by atoms with Gasteiger partial charge in [-0.2, -0.15) is 0 Å². The molecule has 6 aromatic rings. The van der Waals surface area contributed by atoms with Crippen LogP contribution in [0.5, 0.6) is 11.5 Å². The van der Waals surface area contributed by atoms with Crippen LogP contribution in [0.4, 0.5) is 0 Å². The summed E-state index contributed by atoms with van der Waals surface area (Å²) in [7, 11) is 0. The van der Waals surface area contributed by atoms with Crippen molar-refractivity contribution in [3.8, 4) is 11.5 Å². The quantitative estimate of drug-likeness (QED) is 0.157. The van der Waals surface area contributed by atoms with Crippen molar-refractivity contribution in [2.45, 2.75) is 37.8 Å². The Hall–Kier alpha value is -4.23. The van der Waals surface area contributed by atoms with Crippen LogP contribution in [0, 0.1) is 13.8 Å². The van der Waals surface area contributed by atoms with Crippen molar-refractivity contribution in [3.63, 3.8) is 0 Å². The Morgan fingerprint density at radius 1 is 0.600 bits per heavy atom. The number of aromatic nitrogens is 4. The summed E-state index contributed by atoms with van der Waals surface area (Å²) in [5, 5.41) is 0.961. The summed E-state index contributed by atoms with van der Waals surface area (Å²) < 4.78 is 16.6. The van der Waals surface area contributed by atoms with Crippen molar-refractivity contribution < 1.29 is 9.47 Å². The monoisotopic (exact) mass is 548 g/mol. The third kappa shape index (κ3) is 5.84. The zero-order valence-electron chi connectivity index (χ0n) is 22.8. The van der Waals surface area contributed by atoms with Gasteiger partial charge in [0.05, 0.1) is 40.9 Å².